The summed E-state index contributed by atoms with van der Waals surface area (Å²) in [5.41, 5.74) is 9.53. The molecule has 17 heteroatoms. The van der Waals surface area contributed by atoms with Gasteiger partial charge < -0.3 is 44.6 Å². The average Bonchev–Trinajstić information content (AvgIpc) is 4.01. The van der Waals surface area contributed by atoms with Crippen molar-refractivity contribution in [2.75, 3.05) is 34.5 Å². The van der Waals surface area contributed by atoms with Crippen LogP contribution >= 0.6 is 11.6 Å². The number of ketones is 1. The van der Waals surface area contributed by atoms with E-state index >= 15 is 0 Å². The molecule has 5 N–H and O–H groups in total. The predicted octanol–water partition coefficient (Wildman–Crippen LogP) is 9.54. The lowest BCUT2D eigenvalue weighted by molar-refractivity contribution is 0.0805. The fourth-order valence-electron chi connectivity index (χ4n) is 11.2. The molecule has 3 atom stereocenters. The van der Waals surface area contributed by atoms with Crippen LogP contribution in [0.5, 0.6) is 17.2 Å². The molecule has 6 heterocycles. The Bertz CT molecular complexity index is 3960. The highest BCUT2D eigenvalue weighted by molar-refractivity contribution is 6.19. The van der Waals surface area contributed by atoms with E-state index in [0.29, 0.717) is 64.4 Å². The van der Waals surface area contributed by atoms with Crippen molar-refractivity contribution in [3.8, 4) is 17.2 Å². The number of anilines is 3. The van der Waals surface area contributed by atoms with Gasteiger partial charge in [0.25, 0.3) is 23.6 Å². The molecule has 372 valence electrons. The van der Waals surface area contributed by atoms with Crippen LogP contribution in [0, 0.1) is 19.8 Å². The average molecular weight is 1020 g/mol. The van der Waals surface area contributed by atoms with Crippen molar-refractivity contribution in [3.63, 3.8) is 0 Å². The number of nitrogens with one attached hydrogen (secondary N) is 2. The van der Waals surface area contributed by atoms with Crippen LogP contribution in [0.2, 0.25) is 0 Å². The summed E-state index contributed by atoms with van der Waals surface area (Å²) in [5.74, 6) is -0.421. The molecule has 1 spiro atoms. The second-order valence-corrected chi connectivity index (χ2v) is 19.7. The fourth-order valence-corrected chi connectivity index (χ4v) is 11.4. The van der Waals surface area contributed by atoms with Gasteiger partial charge in [-0.2, -0.15) is 0 Å². The van der Waals surface area contributed by atoms with Gasteiger partial charge in [0.1, 0.15) is 39.9 Å². The minimum absolute atomic E-state index is 0.0614. The Balaban J connectivity index is 0.000000152. The van der Waals surface area contributed by atoms with E-state index in [0.717, 1.165) is 50.7 Å². The lowest BCUT2D eigenvalue weighted by Gasteiger charge is -2.30. The molecule has 9 aromatic rings. The number of benzene rings is 5. The number of phenolic OH excluding ortho intramolecular Hbond substituents is 3. The zero-order valence-corrected chi connectivity index (χ0v) is 41.0. The minimum atomic E-state index is -0.330. The van der Waals surface area contributed by atoms with Crippen molar-refractivity contribution in [3.05, 3.63) is 202 Å². The Morgan fingerprint density at radius 3 is 1.83 bits per heavy atom. The number of hydrogen-bond acceptors (Lipinski definition) is 10. The summed E-state index contributed by atoms with van der Waals surface area (Å²) in [5, 5.41) is 36.9. The van der Waals surface area contributed by atoms with E-state index in [1.54, 1.807) is 79.8 Å². The third-order valence-corrected chi connectivity index (χ3v) is 15.1. The van der Waals surface area contributed by atoms with E-state index in [4.69, 9.17) is 11.6 Å². The number of allylic oxidation sites excluding steroid dienone is 2. The number of aromatic nitrogens is 4. The molecule has 4 aromatic heterocycles. The number of imidazole rings is 2. The largest absolute Gasteiger partial charge is 0.508 e. The number of phenols is 3. The molecular formula is C58H45ClN8O8. The Kier molecular flexibility index (Phi) is 11.1. The highest BCUT2D eigenvalue weighted by Gasteiger charge is 2.67. The molecule has 2 aliphatic heterocycles. The van der Waals surface area contributed by atoms with E-state index in [1.165, 1.54) is 48.5 Å². The van der Waals surface area contributed by atoms with Gasteiger partial charge in [-0.25, -0.2) is 9.97 Å². The molecule has 0 bridgehead atoms. The first-order valence-electron chi connectivity index (χ1n) is 24.2. The lowest BCUT2D eigenvalue weighted by atomic mass is 9.79. The van der Waals surface area contributed by atoms with Crippen LogP contribution in [0.15, 0.2) is 152 Å². The number of rotatable bonds is 7. The first kappa shape index (κ1) is 46.8. The molecule has 4 amide bonds. The van der Waals surface area contributed by atoms with E-state index in [9.17, 15) is 39.3 Å². The first-order chi connectivity index (χ1) is 36.2. The second-order valence-electron chi connectivity index (χ2n) is 19.4. The predicted molar refractivity (Wildman–Crippen MR) is 282 cm³/mol. The quantitative estimate of drug-likeness (QED) is 0.0955. The van der Waals surface area contributed by atoms with Crippen molar-refractivity contribution in [2.45, 2.75) is 31.6 Å². The number of carbonyl (C=O) groups excluding carboxylic acids is 5. The summed E-state index contributed by atoms with van der Waals surface area (Å²) >= 11 is 6.35. The number of amides is 4. The Morgan fingerprint density at radius 2 is 1.24 bits per heavy atom. The van der Waals surface area contributed by atoms with Crippen LogP contribution in [0.3, 0.4) is 0 Å². The smallest absolute Gasteiger partial charge is 0.278 e. The Hall–Kier alpha value is -9.28. The van der Waals surface area contributed by atoms with Crippen LogP contribution in [-0.4, -0.2) is 87.4 Å². The summed E-state index contributed by atoms with van der Waals surface area (Å²) < 4.78 is 3.38. The number of pyridine rings is 2. The number of aryl methyl sites for hydroxylation is 2. The molecule has 4 aliphatic rings. The van der Waals surface area contributed by atoms with Crippen LogP contribution in [-0.2, 0) is 5.41 Å². The summed E-state index contributed by atoms with van der Waals surface area (Å²) in [6, 6.07) is 32.0. The van der Waals surface area contributed by atoms with Crippen LogP contribution in [0.1, 0.15) is 86.6 Å². The van der Waals surface area contributed by atoms with E-state index in [1.807, 2.05) is 50.2 Å². The van der Waals surface area contributed by atoms with Gasteiger partial charge >= 0.3 is 0 Å². The zero-order valence-electron chi connectivity index (χ0n) is 40.3. The number of fused-ring (bicyclic) bond motifs is 6. The Morgan fingerprint density at radius 1 is 0.680 bits per heavy atom. The highest BCUT2D eigenvalue weighted by atomic mass is 35.5. The number of aromatic hydroxyl groups is 3. The number of alkyl halides is 1. The van der Waals surface area contributed by atoms with E-state index in [2.05, 4.69) is 20.6 Å². The molecular weight excluding hydrogens is 972 g/mol. The van der Waals surface area contributed by atoms with Gasteiger partial charge in [0.05, 0.1) is 17.1 Å². The standard InChI is InChI=1S/C29H23ClN4O4.C29H22N4O4/c1-16-3-2-4-21-24(36)11-23-27(26(16)21)18(12-30)13-34(23)29(38)22-15-33-14-19(7-10-25(33)32-22)31-28(37)17-5-8-20(35)9-6-17;1-16-3-2-4-21-23(35)11-24-29(26(16)21)12-18(29)13-33(24)28(37)22-15-32-14-19(7-10-25(32)31-22)30-27(36)17-5-8-20(34)9-6-17/h2-11,14-15,18,35-36H,12-13H2,1H3,(H,31,37);2-11,14-15,18,34H,12-13H2,1H3,(H,30,36)/t18-;18-,29+/m11/s1. The molecule has 1 saturated heterocycles. The molecule has 0 radical (unpaired) electrons. The molecule has 75 heavy (non-hydrogen) atoms. The van der Waals surface area contributed by atoms with E-state index in [-0.39, 0.29) is 69.4 Å². The second kappa shape index (κ2) is 17.7. The number of carbonyl (C=O) groups is 5. The molecule has 5 aromatic carbocycles. The molecule has 13 rings (SSSR count). The van der Waals surface area contributed by atoms with Crippen LogP contribution in [0.25, 0.3) is 22.1 Å². The number of piperidine rings is 1. The van der Waals surface area contributed by atoms with Gasteiger partial charge in [0.2, 0.25) is 0 Å². The molecule has 0 unspecified atom stereocenters. The van der Waals surface area contributed by atoms with Crippen molar-refractivity contribution in [1.82, 2.24) is 23.7 Å². The SMILES string of the molecule is Cc1cccc2c(O)cc3c(c12)[C@H](CCl)CN3C(=O)c1cn2cc(NC(=O)c3ccc(O)cc3)ccc2n1.Cc1cccc2c1[C@@]13C[C@@H]1CN(C(=O)c1cn4cc(NC(=O)c5ccc(O)cc5)ccc4n1)C3=CC2=O. The van der Waals surface area contributed by atoms with Gasteiger partial charge in [0, 0.05) is 95.0 Å². The van der Waals surface area contributed by atoms with Gasteiger partial charge in [0.15, 0.2) is 5.78 Å². The first-order valence-corrected chi connectivity index (χ1v) is 24.7. The molecule has 1 saturated carbocycles. The normalized spacial score (nSPS) is 17.9. The van der Waals surface area contributed by atoms with Crippen molar-refractivity contribution < 1.29 is 39.3 Å². The third-order valence-electron chi connectivity index (χ3n) is 14.8. The topological polar surface area (TPSA) is 211 Å². The van der Waals surface area contributed by atoms with Crippen LogP contribution in [0.4, 0.5) is 17.1 Å². The molecule has 16 nitrogen and oxygen atoms in total. The number of hydrogen-bond donors (Lipinski definition) is 5. The maximum absolute atomic E-state index is 13.7. The molecule has 2 fully saturated rings. The third kappa shape index (κ3) is 7.88. The molecule has 2 aliphatic carbocycles. The van der Waals surface area contributed by atoms with Crippen molar-refractivity contribution >= 4 is 80.1 Å². The van der Waals surface area contributed by atoms with E-state index < -0.39 is 0 Å². The van der Waals surface area contributed by atoms with Gasteiger partial charge in [-0.1, -0.05) is 36.4 Å². The summed E-state index contributed by atoms with van der Waals surface area (Å²) in [6.07, 6.45) is 9.23. The number of likely N-dealkylation sites (tertiary alicyclic amines) is 1. The van der Waals surface area contributed by atoms with Crippen LogP contribution < -0.4 is 15.5 Å². The summed E-state index contributed by atoms with van der Waals surface area (Å²) in [4.78, 5) is 77.7. The fraction of sp³-hybridized carbons (Fsp3) is 0.155. The van der Waals surface area contributed by atoms with Crippen molar-refractivity contribution in [2.24, 2.45) is 5.92 Å². The van der Waals surface area contributed by atoms with Gasteiger partial charge in [-0.3, -0.25) is 24.0 Å². The highest BCUT2D eigenvalue weighted by Crippen LogP contribution is 2.67. The monoisotopic (exact) mass is 1020 g/mol. The lowest BCUT2D eigenvalue weighted by Crippen LogP contribution is -2.34. The Labute approximate surface area is 432 Å². The van der Waals surface area contributed by atoms with Crippen molar-refractivity contribution in [1.29, 1.82) is 0 Å². The number of nitrogens with zero attached hydrogens (tertiary/aromatic N) is 6. The summed E-state index contributed by atoms with van der Waals surface area (Å²) in [7, 11) is 0. The van der Waals surface area contributed by atoms with Gasteiger partial charge in [-0.05, 0) is 127 Å². The zero-order chi connectivity index (χ0) is 52.0. The minimum Gasteiger partial charge on any atom is -0.508 e. The maximum atomic E-state index is 13.7. The van der Waals surface area contributed by atoms with Gasteiger partial charge in [-0.15, -0.1) is 11.6 Å². The summed E-state index contributed by atoms with van der Waals surface area (Å²) in [6.45, 7) is 4.96. The number of halogens is 1. The maximum Gasteiger partial charge on any atom is 0.278 e.